The van der Waals surface area contributed by atoms with Crippen molar-refractivity contribution in [1.82, 2.24) is 10.1 Å². The lowest BCUT2D eigenvalue weighted by atomic mass is 10.0. The van der Waals surface area contributed by atoms with Gasteiger partial charge in [-0.15, -0.1) is 0 Å². The number of hydrogen-bond acceptors (Lipinski definition) is 6. The Labute approximate surface area is 190 Å². The van der Waals surface area contributed by atoms with Crippen LogP contribution in [0.25, 0.3) is 0 Å². The van der Waals surface area contributed by atoms with Crippen LogP contribution in [-0.4, -0.2) is 55.1 Å². The number of thioether (sulfide) groups is 1. The van der Waals surface area contributed by atoms with E-state index >= 15 is 0 Å². The van der Waals surface area contributed by atoms with Crippen molar-refractivity contribution in [3.05, 3.63) is 71.3 Å². The lowest BCUT2D eigenvalue weighted by molar-refractivity contribution is -0.122. The van der Waals surface area contributed by atoms with Gasteiger partial charge in [0.05, 0.1) is 13.2 Å². The van der Waals surface area contributed by atoms with Gasteiger partial charge in [-0.3, -0.25) is 4.84 Å². The summed E-state index contributed by atoms with van der Waals surface area (Å²) in [6, 6.07) is 11.9. The normalized spacial score (nSPS) is 18.0. The number of hydrogen-bond donors (Lipinski definition) is 1. The lowest BCUT2D eigenvalue weighted by Crippen LogP contribution is -2.47. The highest BCUT2D eigenvalue weighted by Gasteiger charge is 2.49. The molecule has 0 saturated heterocycles. The molecule has 2 aromatic rings. The van der Waals surface area contributed by atoms with Gasteiger partial charge in [-0.2, -0.15) is 10.1 Å². The van der Waals surface area contributed by atoms with E-state index in [1.807, 2.05) is 30.3 Å². The third-order valence-corrected chi connectivity index (χ3v) is 6.37. The van der Waals surface area contributed by atoms with Crippen LogP contribution in [0.15, 0.2) is 53.6 Å². The number of urea groups is 1. The number of hydroxylamine groups is 2. The van der Waals surface area contributed by atoms with E-state index in [1.54, 1.807) is 0 Å². The minimum absolute atomic E-state index is 0.0127. The zero-order chi connectivity index (χ0) is 23.1. The Morgan fingerprint density at radius 3 is 2.66 bits per heavy atom. The first-order valence-corrected chi connectivity index (χ1v) is 10.9. The maximum Gasteiger partial charge on any atom is 0.365 e. The summed E-state index contributed by atoms with van der Waals surface area (Å²) in [7, 11) is 3.00. The lowest BCUT2D eigenvalue weighted by Gasteiger charge is -2.37. The summed E-state index contributed by atoms with van der Waals surface area (Å²) in [5.41, 5.74) is 6.56. The van der Waals surface area contributed by atoms with Gasteiger partial charge in [0, 0.05) is 19.7 Å². The molecule has 7 nitrogen and oxygen atoms in total. The maximum atomic E-state index is 14.6. The molecule has 0 bridgehead atoms. The molecular weight excluding hydrogens is 438 g/mol. The number of methoxy groups -OCH3 is 1. The van der Waals surface area contributed by atoms with Gasteiger partial charge in [-0.1, -0.05) is 42.1 Å². The van der Waals surface area contributed by atoms with Crippen molar-refractivity contribution in [3.8, 4) is 0 Å². The Bertz CT molecular complexity index is 963. The van der Waals surface area contributed by atoms with Crippen LogP contribution < -0.4 is 5.73 Å². The van der Waals surface area contributed by atoms with Crippen molar-refractivity contribution in [2.24, 2.45) is 10.8 Å². The van der Waals surface area contributed by atoms with Gasteiger partial charge >= 0.3 is 6.03 Å². The Morgan fingerprint density at radius 2 is 1.97 bits per heavy atom. The summed E-state index contributed by atoms with van der Waals surface area (Å²) in [4.78, 5) is 17.8. The zero-order valence-electron chi connectivity index (χ0n) is 18.0. The van der Waals surface area contributed by atoms with Gasteiger partial charge < -0.3 is 10.5 Å². The van der Waals surface area contributed by atoms with Gasteiger partial charge in [0.1, 0.15) is 21.5 Å². The molecule has 1 atom stereocenters. The molecule has 3 rings (SSSR count). The minimum Gasteiger partial charge on any atom is -0.382 e. The van der Waals surface area contributed by atoms with Crippen LogP contribution in [0.3, 0.4) is 0 Å². The molecule has 0 radical (unpaired) electrons. The van der Waals surface area contributed by atoms with Gasteiger partial charge in [0.25, 0.3) is 0 Å². The van der Waals surface area contributed by atoms with Crippen molar-refractivity contribution in [1.29, 1.82) is 0 Å². The smallest absolute Gasteiger partial charge is 0.365 e. The molecule has 0 aliphatic carbocycles. The number of benzene rings is 2. The predicted octanol–water partition coefficient (Wildman–Crippen LogP) is 3.90. The molecule has 0 spiro atoms. The van der Waals surface area contributed by atoms with E-state index in [0.29, 0.717) is 26.0 Å². The Morgan fingerprint density at radius 1 is 1.22 bits per heavy atom. The number of halogens is 2. The van der Waals surface area contributed by atoms with Crippen molar-refractivity contribution < 1.29 is 23.1 Å². The van der Waals surface area contributed by atoms with Crippen molar-refractivity contribution in [2.75, 3.05) is 33.9 Å². The second kappa shape index (κ2) is 10.9. The third-order valence-electron chi connectivity index (χ3n) is 4.92. The number of nitrogens with two attached hydrogens (primary N) is 1. The summed E-state index contributed by atoms with van der Waals surface area (Å²) in [6.07, 6.45) is 1.02. The topological polar surface area (TPSA) is 80.4 Å². The molecule has 1 aliphatic rings. The van der Waals surface area contributed by atoms with E-state index in [-0.39, 0.29) is 17.2 Å². The predicted molar refractivity (Wildman–Crippen MR) is 120 cm³/mol. The summed E-state index contributed by atoms with van der Waals surface area (Å²) in [5.74, 6) is -1.22. The van der Waals surface area contributed by atoms with Crippen molar-refractivity contribution in [2.45, 2.75) is 17.7 Å². The molecule has 2 amide bonds. The largest absolute Gasteiger partial charge is 0.382 e. The second-order valence-electron chi connectivity index (χ2n) is 7.09. The van der Waals surface area contributed by atoms with E-state index in [4.69, 9.17) is 15.3 Å². The van der Waals surface area contributed by atoms with E-state index < -0.39 is 22.5 Å². The first-order valence-electron chi connectivity index (χ1n) is 10.1. The standard InChI is InChI=1S/C22H26F2N4O3S/c1-27(31-14-13-30-2)21(29)28-22(11-6-12-25,16-7-4-3-5-8-16)32-20(26-28)18-15-17(23)9-10-19(18)24/h3-5,7-10,15H,6,11-14,25H2,1-2H3. The summed E-state index contributed by atoms with van der Waals surface area (Å²) >= 11 is 1.20. The van der Waals surface area contributed by atoms with Crippen LogP contribution in [0, 0.1) is 11.6 Å². The average Bonchev–Trinajstić information content (AvgIpc) is 3.20. The van der Waals surface area contributed by atoms with Gasteiger partial charge in [-0.05, 0) is 43.1 Å². The molecule has 10 heteroatoms. The molecule has 2 aromatic carbocycles. The number of hydrazone groups is 1. The van der Waals surface area contributed by atoms with Gasteiger partial charge in [-0.25, -0.2) is 18.6 Å². The van der Waals surface area contributed by atoms with Crippen LogP contribution in [0.4, 0.5) is 13.6 Å². The van der Waals surface area contributed by atoms with Crippen LogP contribution in [0.5, 0.6) is 0 Å². The molecule has 1 unspecified atom stereocenters. The minimum atomic E-state index is -1.01. The number of rotatable bonds is 9. The van der Waals surface area contributed by atoms with E-state index in [2.05, 4.69) is 5.10 Å². The van der Waals surface area contributed by atoms with E-state index in [1.165, 1.54) is 30.9 Å². The molecule has 2 N–H and O–H groups in total. The number of amides is 2. The van der Waals surface area contributed by atoms with Crippen LogP contribution in [-0.2, 0) is 14.4 Å². The van der Waals surface area contributed by atoms with Gasteiger partial charge in [0.2, 0.25) is 0 Å². The van der Waals surface area contributed by atoms with Gasteiger partial charge in [0.15, 0.2) is 0 Å². The molecule has 0 fully saturated rings. The fourth-order valence-corrected chi connectivity index (χ4v) is 4.75. The number of ether oxygens (including phenoxy) is 1. The molecule has 1 heterocycles. The molecule has 0 saturated carbocycles. The number of carbonyl (C=O) groups excluding carboxylic acids is 1. The maximum absolute atomic E-state index is 14.6. The van der Waals surface area contributed by atoms with E-state index in [0.717, 1.165) is 28.8 Å². The molecule has 172 valence electrons. The SMILES string of the molecule is COCCON(C)C(=O)N1N=C(c2cc(F)ccc2F)SC1(CCCN)c1ccccc1. The van der Waals surface area contributed by atoms with Crippen LogP contribution in [0.1, 0.15) is 24.0 Å². The monoisotopic (exact) mass is 464 g/mol. The number of carbonyl (C=O) groups is 1. The Kier molecular flexibility index (Phi) is 8.19. The Balaban J connectivity index is 2.07. The average molecular weight is 465 g/mol. The summed E-state index contributed by atoms with van der Waals surface area (Å²) < 4.78 is 33.5. The summed E-state index contributed by atoms with van der Waals surface area (Å²) in [6.45, 7) is 0.851. The van der Waals surface area contributed by atoms with Crippen LogP contribution in [0.2, 0.25) is 0 Å². The number of nitrogens with zero attached hydrogens (tertiary/aromatic N) is 3. The fraction of sp³-hybridized carbons (Fsp3) is 0.364. The molecular formula is C22H26F2N4O3S. The fourth-order valence-electron chi connectivity index (χ4n) is 3.33. The molecule has 0 aromatic heterocycles. The van der Waals surface area contributed by atoms with Crippen molar-refractivity contribution >= 4 is 22.8 Å². The summed E-state index contributed by atoms with van der Waals surface area (Å²) in [5, 5.41) is 6.99. The first-order chi connectivity index (χ1) is 15.4. The third kappa shape index (κ3) is 5.09. The van der Waals surface area contributed by atoms with Crippen molar-refractivity contribution in [3.63, 3.8) is 0 Å². The van der Waals surface area contributed by atoms with Crippen LogP contribution >= 0.6 is 11.8 Å². The first kappa shape index (κ1) is 24.1. The quantitative estimate of drug-likeness (QED) is 0.450. The highest BCUT2D eigenvalue weighted by molar-refractivity contribution is 8.15. The second-order valence-corrected chi connectivity index (χ2v) is 8.36. The zero-order valence-corrected chi connectivity index (χ0v) is 18.8. The van der Waals surface area contributed by atoms with E-state index in [9.17, 15) is 13.6 Å². The highest BCUT2D eigenvalue weighted by Crippen LogP contribution is 2.50. The molecule has 32 heavy (non-hydrogen) atoms. The highest BCUT2D eigenvalue weighted by atomic mass is 32.2. The molecule has 1 aliphatic heterocycles. The Hall–Kier alpha value is -2.53.